The predicted octanol–water partition coefficient (Wildman–Crippen LogP) is 0.396. The van der Waals surface area contributed by atoms with Crippen LogP contribution in [0.4, 0.5) is 11.5 Å². The summed E-state index contributed by atoms with van der Waals surface area (Å²) in [6, 6.07) is 1.45. The summed E-state index contributed by atoms with van der Waals surface area (Å²) in [5.41, 5.74) is 5.39. The molecule has 1 atom stereocenters. The number of likely N-dealkylation sites (N-methyl/N-ethyl adjacent to an activating group) is 1. The molecule has 1 aliphatic rings. The molecule has 0 aromatic carbocycles. The molecule has 1 aliphatic heterocycles. The Bertz CT molecular complexity index is 534. The van der Waals surface area contributed by atoms with E-state index in [1.807, 2.05) is 7.05 Å². The zero-order chi connectivity index (χ0) is 14.7. The highest BCUT2D eigenvalue weighted by molar-refractivity contribution is 5.98. The second kappa shape index (κ2) is 5.83. The first-order valence-corrected chi connectivity index (χ1v) is 6.37. The Morgan fingerprint density at radius 3 is 3.05 bits per heavy atom. The minimum atomic E-state index is -0.603. The first-order chi connectivity index (χ1) is 9.49. The fourth-order valence-corrected chi connectivity index (χ4v) is 2.29. The molecule has 0 bridgehead atoms. The van der Waals surface area contributed by atoms with E-state index in [1.54, 1.807) is 0 Å². The van der Waals surface area contributed by atoms with E-state index >= 15 is 0 Å². The number of amides is 1. The van der Waals surface area contributed by atoms with Gasteiger partial charge in [-0.2, -0.15) is 0 Å². The Morgan fingerprint density at radius 2 is 2.45 bits per heavy atom. The van der Waals surface area contributed by atoms with Gasteiger partial charge in [-0.15, -0.1) is 0 Å². The number of rotatable bonds is 4. The van der Waals surface area contributed by atoms with Crippen molar-refractivity contribution in [1.29, 1.82) is 0 Å². The third-order valence-electron chi connectivity index (χ3n) is 3.53. The van der Waals surface area contributed by atoms with Crippen LogP contribution in [0.15, 0.2) is 12.3 Å². The second-order valence-corrected chi connectivity index (χ2v) is 4.87. The number of nitrogen functional groups attached to an aromatic ring is 1. The minimum Gasteiger partial charge on any atom is -0.383 e. The average molecular weight is 279 g/mol. The van der Waals surface area contributed by atoms with Crippen molar-refractivity contribution >= 4 is 17.4 Å². The molecule has 0 aliphatic carbocycles. The number of aromatic nitrogens is 1. The molecule has 0 radical (unpaired) electrons. The Hall–Kier alpha value is -2.22. The Morgan fingerprint density at radius 1 is 1.70 bits per heavy atom. The van der Waals surface area contributed by atoms with Gasteiger partial charge in [0.15, 0.2) is 0 Å². The van der Waals surface area contributed by atoms with Crippen LogP contribution in [0, 0.1) is 10.1 Å². The third-order valence-corrected chi connectivity index (χ3v) is 3.53. The number of anilines is 1. The molecular weight excluding hydrogens is 262 g/mol. The van der Waals surface area contributed by atoms with E-state index in [-0.39, 0.29) is 17.1 Å². The summed E-state index contributed by atoms with van der Waals surface area (Å²) >= 11 is 0. The van der Waals surface area contributed by atoms with Gasteiger partial charge in [-0.1, -0.05) is 0 Å². The lowest BCUT2D eigenvalue weighted by Gasteiger charge is -2.19. The van der Waals surface area contributed by atoms with Crippen molar-refractivity contribution in [3.8, 4) is 0 Å². The van der Waals surface area contributed by atoms with E-state index in [0.29, 0.717) is 12.6 Å². The van der Waals surface area contributed by atoms with Gasteiger partial charge >= 0.3 is 0 Å². The zero-order valence-corrected chi connectivity index (χ0v) is 11.2. The summed E-state index contributed by atoms with van der Waals surface area (Å²) in [5.74, 6) is -0.438. The fourth-order valence-electron chi connectivity index (χ4n) is 2.29. The maximum absolute atomic E-state index is 12.0. The SMILES string of the molecule is CN1CCCC1CNC(=O)c1cc([N+](=O)[O-])cnc1N. The predicted molar refractivity (Wildman–Crippen MR) is 73.3 cm³/mol. The van der Waals surface area contributed by atoms with E-state index in [9.17, 15) is 14.9 Å². The van der Waals surface area contributed by atoms with Crippen LogP contribution in [-0.2, 0) is 0 Å². The molecular formula is C12H17N5O3. The van der Waals surface area contributed by atoms with Crippen LogP contribution in [0.3, 0.4) is 0 Å². The summed E-state index contributed by atoms with van der Waals surface area (Å²) in [6.07, 6.45) is 3.17. The molecule has 0 saturated carbocycles. The van der Waals surface area contributed by atoms with Crippen molar-refractivity contribution < 1.29 is 9.72 Å². The lowest BCUT2D eigenvalue weighted by Crippen LogP contribution is -2.38. The van der Waals surface area contributed by atoms with Crippen LogP contribution in [0.2, 0.25) is 0 Å². The number of nitro groups is 1. The number of nitrogens with two attached hydrogens (primary N) is 1. The van der Waals surface area contributed by atoms with Gasteiger partial charge in [0.25, 0.3) is 11.6 Å². The van der Waals surface area contributed by atoms with Gasteiger partial charge in [0, 0.05) is 18.7 Å². The topological polar surface area (TPSA) is 114 Å². The van der Waals surface area contributed by atoms with Gasteiger partial charge in [0.2, 0.25) is 0 Å². The highest BCUT2D eigenvalue weighted by atomic mass is 16.6. The molecule has 108 valence electrons. The highest BCUT2D eigenvalue weighted by Crippen LogP contribution is 2.17. The number of pyridine rings is 1. The van der Waals surface area contributed by atoms with E-state index in [1.165, 1.54) is 0 Å². The van der Waals surface area contributed by atoms with Crippen molar-refractivity contribution in [1.82, 2.24) is 15.2 Å². The monoisotopic (exact) mass is 279 g/mol. The van der Waals surface area contributed by atoms with Crippen molar-refractivity contribution in [2.24, 2.45) is 0 Å². The van der Waals surface area contributed by atoms with Crippen LogP contribution in [0.5, 0.6) is 0 Å². The normalized spacial score (nSPS) is 18.9. The summed E-state index contributed by atoms with van der Waals surface area (Å²) in [4.78, 5) is 28.0. The molecule has 1 fully saturated rings. The number of nitrogens with zero attached hydrogens (tertiary/aromatic N) is 3. The minimum absolute atomic E-state index is 0.00660. The fraction of sp³-hybridized carbons (Fsp3) is 0.500. The van der Waals surface area contributed by atoms with Crippen molar-refractivity contribution in [3.63, 3.8) is 0 Å². The number of carbonyl (C=O) groups excluding carboxylic acids is 1. The summed E-state index contributed by atoms with van der Waals surface area (Å²) in [5, 5.41) is 13.4. The van der Waals surface area contributed by atoms with Gasteiger partial charge in [-0.25, -0.2) is 4.98 Å². The maximum Gasteiger partial charge on any atom is 0.288 e. The summed E-state index contributed by atoms with van der Waals surface area (Å²) in [6.45, 7) is 1.51. The third kappa shape index (κ3) is 3.02. The summed E-state index contributed by atoms with van der Waals surface area (Å²) < 4.78 is 0. The van der Waals surface area contributed by atoms with E-state index in [2.05, 4.69) is 15.2 Å². The van der Waals surface area contributed by atoms with E-state index < -0.39 is 10.8 Å². The van der Waals surface area contributed by atoms with Crippen LogP contribution < -0.4 is 11.1 Å². The van der Waals surface area contributed by atoms with E-state index in [4.69, 9.17) is 5.73 Å². The largest absolute Gasteiger partial charge is 0.383 e. The Labute approximate surface area is 116 Å². The summed E-state index contributed by atoms with van der Waals surface area (Å²) in [7, 11) is 2.01. The van der Waals surface area contributed by atoms with Crippen LogP contribution >= 0.6 is 0 Å². The Balaban J connectivity index is 2.05. The lowest BCUT2D eigenvalue weighted by atomic mass is 10.2. The average Bonchev–Trinajstić information content (AvgIpc) is 2.81. The van der Waals surface area contributed by atoms with Crippen molar-refractivity contribution in [3.05, 3.63) is 27.9 Å². The zero-order valence-electron chi connectivity index (χ0n) is 11.2. The molecule has 2 heterocycles. The number of nitrogens with one attached hydrogen (secondary N) is 1. The smallest absolute Gasteiger partial charge is 0.288 e. The van der Waals surface area contributed by atoms with Gasteiger partial charge in [0.1, 0.15) is 12.0 Å². The molecule has 1 saturated heterocycles. The van der Waals surface area contributed by atoms with Crippen LogP contribution in [0.1, 0.15) is 23.2 Å². The molecule has 0 spiro atoms. The highest BCUT2D eigenvalue weighted by Gasteiger charge is 2.22. The number of carbonyl (C=O) groups is 1. The van der Waals surface area contributed by atoms with Gasteiger partial charge in [-0.05, 0) is 26.4 Å². The molecule has 8 heteroatoms. The standard InChI is InChI=1S/C12H17N5O3/c1-16-4-2-3-8(16)6-15-12(18)10-5-9(17(19)20)7-14-11(10)13/h5,7-8H,2-4,6H2,1H3,(H2,13,14)(H,15,18). The number of hydrogen-bond acceptors (Lipinski definition) is 6. The van der Waals surface area contributed by atoms with Gasteiger partial charge in [0.05, 0.1) is 10.5 Å². The van der Waals surface area contributed by atoms with Gasteiger partial charge in [-0.3, -0.25) is 14.9 Å². The number of hydrogen-bond donors (Lipinski definition) is 2. The number of likely N-dealkylation sites (tertiary alicyclic amines) is 1. The van der Waals surface area contributed by atoms with Crippen LogP contribution in [-0.4, -0.2) is 46.9 Å². The maximum atomic E-state index is 12.0. The molecule has 3 N–H and O–H groups in total. The van der Waals surface area contributed by atoms with E-state index in [0.717, 1.165) is 31.6 Å². The van der Waals surface area contributed by atoms with Gasteiger partial charge < -0.3 is 16.0 Å². The molecule has 1 unspecified atom stereocenters. The molecule has 2 rings (SSSR count). The molecule has 1 amide bonds. The Kier molecular flexibility index (Phi) is 4.14. The molecule has 1 aromatic rings. The second-order valence-electron chi connectivity index (χ2n) is 4.87. The molecule has 8 nitrogen and oxygen atoms in total. The van der Waals surface area contributed by atoms with Crippen molar-refractivity contribution in [2.45, 2.75) is 18.9 Å². The van der Waals surface area contributed by atoms with Crippen molar-refractivity contribution in [2.75, 3.05) is 25.9 Å². The quantitative estimate of drug-likeness (QED) is 0.609. The first-order valence-electron chi connectivity index (χ1n) is 6.37. The first kappa shape index (κ1) is 14.2. The molecule has 20 heavy (non-hydrogen) atoms. The lowest BCUT2D eigenvalue weighted by molar-refractivity contribution is -0.385. The molecule has 1 aromatic heterocycles. The van der Waals surface area contributed by atoms with Crippen LogP contribution in [0.25, 0.3) is 0 Å².